The van der Waals surface area contributed by atoms with E-state index >= 15 is 0 Å². The molecule has 3 aromatic carbocycles. The molecule has 9 heteroatoms. The minimum absolute atomic E-state index is 0.00160. The molecule has 0 heterocycles. The Morgan fingerprint density at radius 3 is 1.90 bits per heavy atom. The highest BCUT2D eigenvalue weighted by Gasteiger charge is 2.25. The smallest absolute Gasteiger partial charge is 0.243 e. The third-order valence-corrected chi connectivity index (χ3v) is 6.45. The molecule has 1 N–H and O–H groups in total. The predicted molar refractivity (Wildman–Crippen MR) is 112 cm³/mol. The Kier molecular flexibility index (Phi) is 6.84. The molecule has 156 valence electrons. The number of nitrogens with one attached hydrogen (secondary N) is 1. The van der Waals surface area contributed by atoms with E-state index in [9.17, 15) is 22.8 Å². The summed E-state index contributed by atoms with van der Waals surface area (Å²) in [4.78, 5) is 11.5. The van der Waals surface area contributed by atoms with Crippen molar-refractivity contribution in [1.82, 2.24) is 9.79 Å². The second-order valence-corrected chi connectivity index (χ2v) is 8.86. The SMILES string of the molecule is O=C(N[O-])c1ccc(CN(Cc2ccc(F)cc2)S(=O)(=O)c2ccc(Cl)cc2)cc1. The largest absolute Gasteiger partial charge is 0.759 e. The van der Waals surface area contributed by atoms with E-state index in [1.54, 1.807) is 12.1 Å². The fourth-order valence-corrected chi connectivity index (χ4v) is 4.34. The van der Waals surface area contributed by atoms with Crippen LogP contribution < -0.4 is 5.48 Å². The quantitative estimate of drug-likeness (QED) is 0.552. The van der Waals surface area contributed by atoms with Crippen molar-refractivity contribution in [2.45, 2.75) is 18.0 Å². The third kappa shape index (κ3) is 5.22. The summed E-state index contributed by atoms with van der Waals surface area (Å²) in [5.74, 6) is -1.20. The van der Waals surface area contributed by atoms with Gasteiger partial charge in [0.2, 0.25) is 15.9 Å². The third-order valence-electron chi connectivity index (χ3n) is 4.39. The lowest BCUT2D eigenvalue weighted by Crippen LogP contribution is -2.30. The normalized spacial score (nSPS) is 11.5. The van der Waals surface area contributed by atoms with Crippen LogP contribution in [0.15, 0.2) is 77.7 Å². The van der Waals surface area contributed by atoms with E-state index < -0.39 is 21.7 Å². The zero-order valence-electron chi connectivity index (χ0n) is 15.6. The van der Waals surface area contributed by atoms with Crippen LogP contribution in [0.3, 0.4) is 0 Å². The molecule has 0 spiro atoms. The molecule has 0 aliphatic carbocycles. The van der Waals surface area contributed by atoms with Gasteiger partial charge >= 0.3 is 0 Å². The van der Waals surface area contributed by atoms with Crippen molar-refractivity contribution in [3.05, 3.63) is 106 Å². The maximum absolute atomic E-state index is 13.2. The van der Waals surface area contributed by atoms with Crippen LogP contribution >= 0.6 is 11.6 Å². The molecule has 0 saturated heterocycles. The molecule has 3 rings (SSSR count). The molecule has 30 heavy (non-hydrogen) atoms. The summed E-state index contributed by atoms with van der Waals surface area (Å²) in [6.45, 7) is 0.00957. The van der Waals surface area contributed by atoms with E-state index in [0.717, 1.165) is 0 Å². The predicted octanol–water partition coefficient (Wildman–Crippen LogP) is 4.10. The van der Waals surface area contributed by atoms with Crippen molar-refractivity contribution >= 4 is 27.5 Å². The van der Waals surface area contributed by atoms with Gasteiger partial charge in [-0.1, -0.05) is 35.9 Å². The van der Waals surface area contributed by atoms with Crippen molar-refractivity contribution in [2.24, 2.45) is 0 Å². The molecule has 0 unspecified atom stereocenters. The van der Waals surface area contributed by atoms with Gasteiger partial charge in [0.25, 0.3) is 0 Å². The summed E-state index contributed by atoms with van der Waals surface area (Å²) in [6.07, 6.45) is 0. The highest BCUT2D eigenvalue weighted by Crippen LogP contribution is 2.23. The van der Waals surface area contributed by atoms with Crippen LogP contribution in [0.25, 0.3) is 0 Å². The Balaban J connectivity index is 1.93. The number of halogens is 2. The molecule has 0 saturated carbocycles. The number of sulfonamides is 1. The number of amides is 1. The molecule has 0 radical (unpaired) electrons. The average molecular weight is 448 g/mol. The van der Waals surface area contributed by atoms with E-state index in [2.05, 4.69) is 0 Å². The lowest BCUT2D eigenvalue weighted by molar-refractivity contribution is 0.0970. The van der Waals surface area contributed by atoms with Crippen molar-refractivity contribution in [1.29, 1.82) is 0 Å². The highest BCUT2D eigenvalue weighted by atomic mass is 35.5. The molecule has 3 aromatic rings. The summed E-state index contributed by atoms with van der Waals surface area (Å²) >= 11 is 5.87. The highest BCUT2D eigenvalue weighted by molar-refractivity contribution is 7.89. The number of carbonyl (C=O) groups excluding carboxylic acids is 1. The Morgan fingerprint density at radius 1 is 0.900 bits per heavy atom. The first kappa shape index (κ1) is 21.9. The monoisotopic (exact) mass is 447 g/mol. The first-order valence-electron chi connectivity index (χ1n) is 8.81. The Bertz CT molecular complexity index is 1120. The van der Waals surface area contributed by atoms with Crippen LogP contribution in [0, 0.1) is 11.0 Å². The number of benzene rings is 3. The molecule has 1 amide bonds. The van der Waals surface area contributed by atoms with Gasteiger partial charge in [-0.15, -0.1) is 0 Å². The van der Waals surface area contributed by atoms with Crippen molar-refractivity contribution in [3.63, 3.8) is 0 Å². The van der Waals surface area contributed by atoms with Crippen LogP contribution in [0.4, 0.5) is 4.39 Å². The Morgan fingerprint density at radius 2 is 1.40 bits per heavy atom. The van der Waals surface area contributed by atoms with Crippen molar-refractivity contribution < 1.29 is 17.6 Å². The summed E-state index contributed by atoms with van der Waals surface area (Å²) in [7, 11) is -3.90. The minimum Gasteiger partial charge on any atom is -0.759 e. The molecule has 6 nitrogen and oxygen atoms in total. The molecule has 0 aliphatic rings. The van der Waals surface area contributed by atoms with E-state index in [1.165, 1.54) is 70.4 Å². The van der Waals surface area contributed by atoms with E-state index in [1.807, 2.05) is 0 Å². The fraction of sp³-hybridized carbons (Fsp3) is 0.0952. The molecule has 0 atom stereocenters. The molecule has 0 aromatic heterocycles. The van der Waals surface area contributed by atoms with Gasteiger partial charge in [0.1, 0.15) is 5.82 Å². The zero-order valence-corrected chi connectivity index (χ0v) is 17.2. The van der Waals surface area contributed by atoms with Gasteiger partial charge in [-0.3, -0.25) is 4.79 Å². The molecule has 0 fully saturated rings. The Hall–Kier alpha value is -2.78. The fourth-order valence-electron chi connectivity index (χ4n) is 2.80. The maximum atomic E-state index is 13.2. The van der Waals surface area contributed by atoms with Crippen LogP contribution in [0.1, 0.15) is 21.5 Å². The van der Waals surface area contributed by atoms with Gasteiger partial charge in [0.05, 0.1) is 4.90 Å². The lowest BCUT2D eigenvalue weighted by Gasteiger charge is -2.23. The number of carbonyl (C=O) groups is 1. The first-order valence-corrected chi connectivity index (χ1v) is 10.6. The number of nitrogens with zero attached hydrogens (tertiary/aromatic N) is 1. The van der Waals surface area contributed by atoms with Crippen LogP contribution in [-0.2, 0) is 23.1 Å². The lowest BCUT2D eigenvalue weighted by atomic mass is 10.1. The second kappa shape index (κ2) is 9.36. The molecule has 0 aliphatic heterocycles. The van der Waals surface area contributed by atoms with Crippen LogP contribution in [0.5, 0.6) is 0 Å². The minimum atomic E-state index is -3.90. The zero-order chi connectivity index (χ0) is 21.7. The molecular weight excluding hydrogens is 431 g/mol. The summed E-state index contributed by atoms with van der Waals surface area (Å²) in [5, 5.41) is 10.9. The van der Waals surface area contributed by atoms with Gasteiger partial charge in [-0.25, -0.2) is 12.8 Å². The van der Waals surface area contributed by atoms with Crippen LogP contribution in [-0.4, -0.2) is 18.6 Å². The molecular formula is C21H17ClFN2O4S-. The Labute approximate surface area is 178 Å². The number of hydrogen-bond acceptors (Lipinski definition) is 4. The van der Waals surface area contributed by atoms with Crippen LogP contribution in [0.2, 0.25) is 5.02 Å². The number of hydroxylamine groups is 1. The summed E-state index contributed by atoms with van der Waals surface area (Å²) < 4.78 is 41.0. The molecule has 0 bridgehead atoms. The number of hydrogen-bond donors (Lipinski definition) is 1. The number of rotatable bonds is 7. The summed E-state index contributed by atoms with van der Waals surface area (Å²) in [5.41, 5.74) is 2.67. The van der Waals surface area contributed by atoms with Gasteiger partial charge in [0, 0.05) is 23.7 Å². The van der Waals surface area contributed by atoms with E-state index in [-0.39, 0.29) is 23.5 Å². The van der Waals surface area contributed by atoms with Gasteiger partial charge in [0.15, 0.2) is 0 Å². The van der Waals surface area contributed by atoms with Gasteiger partial charge in [-0.2, -0.15) is 4.31 Å². The van der Waals surface area contributed by atoms with E-state index in [0.29, 0.717) is 16.1 Å². The second-order valence-electron chi connectivity index (χ2n) is 6.48. The first-order chi connectivity index (χ1) is 14.3. The van der Waals surface area contributed by atoms with Crippen molar-refractivity contribution in [3.8, 4) is 0 Å². The van der Waals surface area contributed by atoms with Crippen molar-refractivity contribution in [2.75, 3.05) is 0 Å². The summed E-state index contributed by atoms with van der Waals surface area (Å²) in [6, 6.07) is 17.4. The average Bonchev–Trinajstić information content (AvgIpc) is 2.75. The van der Waals surface area contributed by atoms with Gasteiger partial charge < -0.3 is 10.7 Å². The topological polar surface area (TPSA) is 89.5 Å². The maximum Gasteiger partial charge on any atom is 0.243 e. The van der Waals surface area contributed by atoms with Gasteiger partial charge in [-0.05, 0) is 59.7 Å². The standard InChI is InChI=1S/C21H17ClFN2O4S/c22-18-7-11-20(12-8-18)30(28,29)25(14-16-3-9-19(23)10-4-16)13-15-1-5-17(6-2-15)21(26)24-27/h1-12H,13-14H2,(H-,24,26,27)/q-1. The van der Waals surface area contributed by atoms with E-state index in [4.69, 9.17) is 11.6 Å².